The Morgan fingerprint density at radius 1 is 1.15 bits per heavy atom. The van der Waals surface area contributed by atoms with Gasteiger partial charge in [0.2, 0.25) is 0 Å². The van der Waals surface area contributed by atoms with Crippen LogP contribution < -0.4 is 5.73 Å². The summed E-state index contributed by atoms with van der Waals surface area (Å²) in [5.41, 5.74) is 6.44. The van der Waals surface area contributed by atoms with Gasteiger partial charge in [0.15, 0.2) is 0 Å². The molecule has 2 saturated heterocycles. The molecule has 0 saturated carbocycles. The molecule has 118 valence electrons. The molecule has 0 spiro atoms. The highest BCUT2D eigenvalue weighted by atomic mass is 16.5. The maximum absolute atomic E-state index is 6.25. The number of rotatable bonds is 3. The lowest BCUT2D eigenvalue weighted by Crippen LogP contribution is -2.60. The van der Waals surface area contributed by atoms with Crippen molar-refractivity contribution in [3.05, 3.63) is 0 Å². The monoisotopic (exact) mass is 283 g/mol. The SMILES string of the molecule is CC1CN(C2(CN)CCCN(C(C)C)CC2)CC(C)O1. The van der Waals surface area contributed by atoms with E-state index in [0.717, 1.165) is 19.6 Å². The predicted octanol–water partition coefficient (Wildman–Crippen LogP) is 1.69. The second-order valence-corrected chi connectivity index (χ2v) is 7.07. The van der Waals surface area contributed by atoms with Crippen LogP contribution in [0.4, 0.5) is 0 Å². The van der Waals surface area contributed by atoms with Crippen molar-refractivity contribution in [2.24, 2.45) is 5.73 Å². The Morgan fingerprint density at radius 2 is 1.80 bits per heavy atom. The van der Waals surface area contributed by atoms with Gasteiger partial charge in [-0.05, 0) is 53.5 Å². The number of hydrogen-bond donors (Lipinski definition) is 1. The number of hydrogen-bond acceptors (Lipinski definition) is 4. The summed E-state index contributed by atoms with van der Waals surface area (Å²) in [5, 5.41) is 0. The molecule has 20 heavy (non-hydrogen) atoms. The number of likely N-dealkylation sites (tertiary alicyclic amines) is 1. The zero-order valence-electron chi connectivity index (χ0n) is 13.8. The molecule has 4 nitrogen and oxygen atoms in total. The molecule has 0 amide bonds. The standard InChI is InChI=1S/C16H33N3O/c1-13(2)18-8-5-6-16(12-17,7-9-18)19-10-14(3)20-15(4)11-19/h13-15H,5-12,17H2,1-4H3. The molecule has 2 heterocycles. The van der Waals surface area contributed by atoms with E-state index in [1.807, 2.05) is 0 Å². The maximum atomic E-state index is 6.25. The van der Waals surface area contributed by atoms with Gasteiger partial charge in [0.25, 0.3) is 0 Å². The molecule has 0 aliphatic carbocycles. The van der Waals surface area contributed by atoms with Gasteiger partial charge in [0.05, 0.1) is 12.2 Å². The smallest absolute Gasteiger partial charge is 0.0678 e. The lowest BCUT2D eigenvalue weighted by atomic mass is 9.87. The van der Waals surface area contributed by atoms with E-state index in [1.54, 1.807) is 0 Å². The molecule has 2 fully saturated rings. The van der Waals surface area contributed by atoms with Crippen LogP contribution in [0.5, 0.6) is 0 Å². The normalized spacial score (nSPS) is 38.1. The summed E-state index contributed by atoms with van der Waals surface area (Å²) < 4.78 is 5.89. The summed E-state index contributed by atoms with van der Waals surface area (Å²) in [5.74, 6) is 0. The first-order chi connectivity index (χ1) is 9.47. The van der Waals surface area contributed by atoms with Gasteiger partial charge in [-0.3, -0.25) is 4.90 Å². The van der Waals surface area contributed by atoms with Crippen LogP contribution in [-0.4, -0.2) is 66.3 Å². The average Bonchev–Trinajstić information content (AvgIpc) is 2.60. The predicted molar refractivity (Wildman–Crippen MR) is 83.9 cm³/mol. The number of morpholine rings is 1. The largest absolute Gasteiger partial charge is 0.373 e. The Bertz CT molecular complexity index is 300. The minimum Gasteiger partial charge on any atom is -0.373 e. The third-order valence-corrected chi connectivity index (χ3v) is 5.15. The van der Waals surface area contributed by atoms with Gasteiger partial charge in [-0.1, -0.05) is 0 Å². The van der Waals surface area contributed by atoms with E-state index in [4.69, 9.17) is 10.5 Å². The number of ether oxygens (including phenoxy) is 1. The van der Waals surface area contributed by atoms with Gasteiger partial charge >= 0.3 is 0 Å². The van der Waals surface area contributed by atoms with Gasteiger partial charge in [-0.25, -0.2) is 0 Å². The Kier molecular flexibility index (Phi) is 5.46. The first-order valence-electron chi connectivity index (χ1n) is 8.31. The van der Waals surface area contributed by atoms with Crippen molar-refractivity contribution in [1.29, 1.82) is 0 Å². The summed E-state index contributed by atoms with van der Waals surface area (Å²) in [7, 11) is 0. The molecular formula is C16H33N3O. The molecule has 3 unspecified atom stereocenters. The second kappa shape index (κ2) is 6.73. The second-order valence-electron chi connectivity index (χ2n) is 7.07. The van der Waals surface area contributed by atoms with E-state index in [0.29, 0.717) is 18.2 Å². The molecule has 2 aliphatic heterocycles. The molecular weight excluding hydrogens is 250 g/mol. The first-order valence-corrected chi connectivity index (χ1v) is 8.31. The van der Waals surface area contributed by atoms with Crippen LogP contribution >= 0.6 is 0 Å². The zero-order chi connectivity index (χ0) is 14.8. The molecule has 2 aliphatic rings. The summed E-state index contributed by atoms with van der Waals surface area (Å²) in [4.78, 5) is 5.24. The van der Waals surface area contributed by atoms with Crippen LogP contribution in [0.15, 0.2) is 0 Å². The van der Waals surface area contributed by atoms with Crippen molar-refractivity contribution >= 4 is 0 Å². The number of nitrogens with zero attached hydrogens (tertiary/aromatic N) is 2. The molecule has 2 rings (SSSR count). The van der Waals surface area contributed by atoms with E-state index in [2.05, 4.69) is 37.5 Å². The fraction of sp³-hybridized carbons (Fsp3) is 1.00. The molecule has 0 bridgehead atoms. The van der Waals surface area contributed by atoms with Crippen molar-refractivity contribution in [1.82, 2.24) is 9.80 Å². The van der Waals surface area contributed by atoms with Gasteiger partial charge in [0, 0.05) is 37.8 Å². The van der Waals surface area contributed by atoms with E-state index >= 15 is 0 Å². The highest BCUT2D eigenvalue weighted by Crippen LogP contribution is 2.31. The van der Waals surface area contributed by atoms with Crippen molar-refractivity contribution < 1.29 is 4.74 Å². The minimum atomic E-state index is 0.190. The average molecular weight is 283 g/mol. The van der Waals surface area contributed by atoms with Crippen LogP contribution in [0.3, 0.4) is 0 Å². The highest BCUT2D eigenvalue weighted by molar-refractivity contribution is 4.97. The molecule has 0 aromatic rings. The van der Waals surface area contributed by atoms with Crippen molar-refractivity contribution in [2.75, 3.05) is 32.7 Å². The molecule has 0 radical (unpaired) electrons. The minimum absolute atomic E-state index is 0.190. The Hall–Kier alpha value is -0.160. The number of nitrogens with two attached hydrogens (primary N) is 1. The maximum Gasteiger partial charge on any atom is 0.0678 e. The summed E-state index contributed by atoms with van der Waals surface area (Å²) in [6, 6.07) is 0.645. The van der Waals surface area contributed by atoms with Crippen molar-refractivity contribution in [3.63, 3.8) is 0 Å². The summed E-state index contributed by atoms with van der Waals surface area (Å²) >= 11 is 0. The van der Waals surface area contributed by atoms with Gasteiger partial charge in [0.1, 0.15) is 0 Å². The molecule has 3 atom stereocenters. The van der Waals surface area contributed by atoms with E-state index in [-0.39, 0.29) is 5.54 Å². The molecule has 0 aromatic heterocycles. The zero-order valence-corrected chi connectivity index (χ0v) is 13.8. The quantitative estimate of drug-likeness (QED) is 0.856. The molecule has 4 heteroatoms. The van der Waals surface area contributed by atoms with E-state index < -0.39 is 0 Å². The Labute approximate surface area is 124 Å². The van der Waals surface area contributed by atoms with Gasteiger partial charge in [-0.2, -0.15) is 0 Å². The van der Waals surface area contributed by atoms with Crippen LogP contribution in [0.1, 0.15) is 47.0 Å². The van der Waals surface area contributed by atoms with Crippen molar-refractivity contribution in [3.8, 4) is 0 Å². The fourth-order valence-corrected chi connectivity index (χ4v) is 3.93. The lowest BCUT2D eigenvalue weighted by molar-refractivity contribution is -0.103. The van der Waals surface area contributed by atoms with Crippen molar-refractivity contribution in [2.45, 2.75) is 70.7 Å². The molecule has 0 aromatic carbocycles. The van der Waals surface area contributed by atoms with E-state index in [1.165, 1.54) is 32.4 Å². The summed E-state index contributed by atoms with van der Waals surface area (Å²) in [6.07, 6.45) is 4.33. The van der Waals surface area contributed by atoms with Gasteiger partial charge < -0.3 is 15.4 Å². The first kappa shape index (κ1) is 16.2. The summed E-state index contributed by atoms with van der Waals surface area (Å²) in [6.45, 7) is 14.2. The fourth-order valence-electron chi connectivity index (χ4n) is 3.93. The Balaban J connectivity index is 2.08. The van der Waals surface area contributed by atoms with Gasteiger partial charge in [-0.15, -0.1) is 0 Å². The molecule has 2 N–H and O–H groups in total. The van der Waals surface area contributed by atoms with Crippen LogP contribution in [-0.2, 0) is 4.74 Å². The topological polar surface area (TPSA) is 41.7 Å². The third kappa shape index (κ3) is 3.53. The Morgan fingerprint density at radius 3 is 2.35 bits per heavy atom. The highest BCUT2D eigenvalue weighted by Gasteiger charge is 2.40. The van der Waals surface area contributed by atoms with Crippen LogP contribution in [0.2, 0.25) is 0 Å². The third-order valence-electron chi connectivity index (χ3n) is 5.15. The van der Waals surface area contributed by atoms with E-state index in [9.17, 15) is 0 Å². The lowest BCUT2D eigenvalue weighted by Gasteiger charge is -2.48. The van der Waals surface area contributed by atoms with Crippen LogP contribution in [0.25, 0.3) is 0 Å². The van der Waals surface area contributed by atoms with Crippen LogP contribution in [0, 0.1) is 0 Å².